The molecule has 2 rings (SSSR count). The minimum Gasteiger partial charge on any atom is -0.484 e. The van der Waals surface area contributed by atoms with Gasteiger partial charge in [-0.3, -0.25) is 4.99 Å². The number of aliphatic imine (C=N–C) groups is 1. The minimum atomic E-state index is 0.591. The fourth-order valence-corrected chi connectivity index (χ4v) is 2.30. The molecule has 0 spiro atoms. The molecule has 0 aromatic rings. The van der Waals surface area contributed by atoms with Crippen molar-refractivity contribution < 1.29 is 4.74 Å². The molecule has 2 aliphatic rings. The topological polar surface area (TPSA) is 21.6 Å². The van der Waals surface area contributed by atoms with Gasteiger partial charge < -0.3 is 4.74 Å². The Morgan fingerprint density at radius 1 is 1.45 bits per heavy atom. The Labute approximate surface area is 67.7 Å². The fraction of sp³-hybridized carbons (Fsp3) is 0.889. The Morgan fingerprint density at radius 3 is 2.73 bits per heavy atom. The molecule has 0 aromatic carbocycles. The van der Waals surface area contributed by atoms with Crippen LogP contribution in [0.3, 0.4) is 0 Å². The third kappa shape index (κ3) is 0.959. The van der Waals surface area contributed by atoms with Gasteiger partial charge in [0.25, 0.3) is 0 Å². The van der Waals surface area contributed by atoms with Crippen molar-refractivity contribution in [1.29, 1.82) is 0 Å². The monoisotopic (exact) mass is 153 g/mol. The zero-order valence-corrected chi connectivity index (χ0v) is 7.37. The lowest BCUT2D eigenvalue weighted by Crippen LogP contribution is -2.16. The van der Waals surface area contributed by atoms with Crippen LogP contribution >= 0.6 is 0 Å². The molecular formula is C9H15NO. The quantitative estimate of drug-likeness (QED) is 0.519. The van der Waals surface area contributed by atoms with E-state index in [4.69, 9.17) is 4.74 Å². The summed E-state index contributed by atoms with van der Waals surface area (Å²) in [5.74, 6) is 3.40. The van der Waals surface area contributed by atoms with Gasteiger partial charge >= 0.3 is 0 Å². The van der Waals surface area contributed by atoms with E-state index in [1.807, 2.05) is 0 Å². The van der Waals surface area contributed by atoms with Crippen LogP contribution in [0.2, 0.25) is 0 Å². The van der Waals surface area contributed by atoms with Crippen LogP contribution in [0.25, 0.3) is 0 Å². The standard InChI is InChI=1S/C9H15NO/c1-5-4-7(11-3)10-9-6(2)8(5)9/h5-6,8-9H,4H2,1-3H3/t5-,6+,8-,9+/m0/s1. The lowest BCUT2D eigenvalue weighted by molar-refractivity contribution is 0.352. The molecule has 11 heavy (non-hydrogen) atoms. The summed E-state index contributed by atoms with van der Waals surface area (Å²) in [5, 5.41) is 0. The predicted molar refractivity (Wildman–Crippen MR) is 44.7 cm³/mol. The molecule has 0 saturated heterocycles. The minimum absolute atomic E-state index is 0.591. The fourth-order valence-electron chi connectivity index (χ4n) is 2.30. The highest BCUT2D eigenvalue weighted by atomic mass is 16.5. The summed E-state index contributed by atoms with van der Waals surface area (Å²) in [4.78, 5) is 4.50. The van der Waals surface area contributed by atoms with E-state index < -0.39 is 0 Å². The van der Waals surface area contributed by atoms with Gasteiger partial charge in [-0.05, 0) is 17.8 Å². The number of rotatable bonds is 0. The molecule has 0 N–H and O–H groups in total. The first-order valence-electron chi connectivity index (χ1n) is 4.34. The number of ether oxygens (including phenoxy) is 1. The summed E-state index contributed by atoms with van der Waals surface area (Å²) in [6.45, 7) is 4.59. The van der Waals surface area contributed by atoms with E-state index >= 15 is 0 Å². The van der Waals surface area contributed by atoms with Gasteiger partial charge in [0.1, 0.15) is 0 Å². The van der Waals surface area contributed by atoms with Gasteiger partial charge in [0.2, 0.25) is 0 Å². The zero-order valence-electron chi connectivity index (χ0n) is 7.37. The number of nitrogens with zero attached hydrogens (tertiary/aromatic N) is 1. The highest BCUT2D eigenvalue weighted by molar-refractivity contribution is 5.77. The van der Waals surface area contributed by atoms with Gasteiger partial charge in [-0.1, -0.05) is 13.8 Å². The second kappa shape index (κ2) is 2.23. The molecule has 4 atom stereocenters. The molecule has 1 aliphatic carbocycles. The van der Waals surface area contributed by atoms with E-state index in [2.05, 4.69) is 18.8 Å². The predicted octanol–water partition coefficient (Wildman–Crippen LogP) is 1.71. The zero-order chi connectivity index (χ0) is 8.01. The highest BCUT2D eigenvalue weighted by Gasteiger charge is 2.52. The van der Waals surface area contributed by atoms with E-state index in [1.54, 1.807) is 7.11 Å². The molecule has 0 amide bonds. The maximum absolute atomic E-state index is 5.16. The summed E-state index contributed by atoms with van der Waals surface area (Å²) < 4.78 is 5.16. The SMILES string of the molecule is COC1=N[C@@H]2[C@H](C)[C@@H]2[C@@H](C)C1. The molecule has 1 aliphatic heterocycles. The van der Waals surface area contributed by atoms with Crippen molar-refractivity contribution in [2.75, 3.05) is 7.11 Å². The van der Waals surface area contributed by atoms with E-state index in [0.717, 1.165) is 30.1 Å². The van der Waals surface area contributed by atoms with Crippen LogP contribution in [0.5, 0.6) is 0 Å². The molecule has 0 unspecified atom stereocenters. The van der Waals surface area contributed by atoms with Crippen molar-refractivity contribution in [3.8, 4) is 0 Å². The van der Waals surface area contributed by atoms with Crippen LogP contribution in [-0.2, 0) is 4.74 Å². The first kappa shape index (κ1) is 7.14. The van der Waals surface area contributed by atoms with Crippen LogP contribution < -0.4 is 0 Å². The lowest BCUT2D eigenvalue weighted by Gasteiger charge is -2.15. The Balaban J connectivity index is 2.13. The Kier molecular flexibility index (Phi) is 1.44. The molecule has 1 fully saturated rings. The van der Waals surface area contributed by atoms with Crippen molar-refractivity contribution >= 4 is 5.90 Å². The summed E-state index contributed by atoms with van der Waals surface area (Å²) in [7, 11) is 1.72. The van der Waals surface area contributed by atoms with Crippen molar-refractivity contribution in [1.82, 2.24) is 0 Å². The van der Waals surface area contributed by atoms with Gasteiger partial charge in [0, 0.05) is 6.42 Å². The molecule has 0 aromatic heterocycles. The summed E-state index contributed by atoms with van der Waals surface area (Å²) in [6.07, 6.45) is 1.04. The molecule has 62 valence electrons. The Morgan fingerprint density at radius 2 is 2.18 bits per heavy atom. The number of hydrogen-bond acceptors (Lipinski definition) is 2. The lowest BCUT2D eigenvalue weighted by atomic mass is 9.99. The molecule has 0 radical (unpaired) electrons. The summed E-state index contributed by atoms with van der Waals surface area (Å²) >= 11 is 0. The van der Waals surface area contributed by atoms with Crippen LogP contribution in [-0.4, -0.2) is 19.0 Å². The van der Waals surface area contributed by atoms with Gasteiger partial charge in [0.05, 0.1) is 13.2 Å². The molecule has 1 saturated carbocycles. The van der Waals surface area contributed by atoms with E-state index in [1.165, 1.54) is 0 Å². The number of fused-ring (bicyclic) bond motifs is 1. The number of hydrogen-bond donors (Lipinski definition) is 0. The molecule has 0 bridgehead atoms. The second-order valence-corrected chi connectivity index (χ2v) is 3.84. The van der Waals surface area contributed by atoms with E-state index in [0.29, 0.717) is 6.04 Å². The molecule has 2 nitrogen and oxygen atoms in total. The van der Waals surface area contributed by atoms with Crippen molar-refractivity contribution in [3.63, 3.8) is 0 Å². The van der Waals surface area contributed by atoms with Crippen molar-refractivity contribution in [2.45, 2.75) is 26.3 Å². The third-order valence-electron chi connectivity index (χ3n) is 3.08. The third-order valence-corrected chi connectivity index (χ3v) is 3.08. The van der Waals surface area contributed by atoms with E-state index in [9.17, 15) is 0 Å². The summed E-state index contributed by atoms with van der Waals surface area (Å²) in [5.41, 5.74) is 0. The van der Waals surface area contributed by atoms with Gasteiger partial charge in [-0.25, -0.2) is 0 Å². The van der Waals surface area contributed by atoms with Gasteiger partial charge in [-0.15, -0.1) is 0 Å². The van der Waals surface area contributed by atoms with Crippen LogP contribution in [0, 0.1) is 17.8 Å². The van der Waals surface area contributed by atoms with Crippen LogP contribution in [0.15, 0.2) is 4.99 Å². The first-order chi connectivity index (χ1) is 5.24. The van der Waals surface area contributed by atoms with Crippen molar-refractivity contribution in [2.24, 2.45) is 22.7 Å². The van der Waals surface area contributed by atoms with Crippen LogP contribution in [0.1, 0.15) is 20.3 Å². The van der Waals surface area contributed by atoms with Gasteiger partial charge in [-0.2, -0.15) is 0 Å². The maximum Gasteiger partial charge on any atom is 0.183 e. The Bertz CT molecular complexity index is 200. The van der Waals surface area contributed by atoms with Crippen molar-refractivity contribution in [3.05, 3.63) is 0 Å². The highest BCUT2D eigenvalue weighted by Crippen LogP contribution is 2.50. The van der Waals surface area contributed by atoms with Crippen LogP contribution in [0.4, 0.5) is 0 Å². The average Bonchev–Trinajstić information content (AvgIpc) is 2.63. The molecule has 2 heteroatoms. The second-order valence-electron chi connectivity index (χ2n) is 3.84. The molecule has 1 heterocycles. The smallest absolute Gasteiger partial charge is 0.183 e. The molecular weight excluding hydrogens is 138 g/mol. The number of methoxy groups -OCH3 is 1. The first-order valence-corrected chi connectivity index (χ1v) is 4.34. The Hall–Kier alpha value is -0.530. The van der Waals surface area contributed by atoms with E-state index in [-0.39, 0.29) is 0 Å². The maximum atomic E-state index is 5.16. The average molecular weight is 153 g/mol. The van der Waals surface area contributed by atoms with Gasteiger partial charge in [0.15, 0.2) is 5.90 Å². The largest absolute Gasteiger partial charge is 0.484 e. The summed E-state index contributed by atoms with van der Waals surface area (Å²) in [6, 6.07) is 0.591. The normalized spacial score (nSPS) is 47.7.